The number of morpholine rings is 1. The first-order valence-electron chi connectivity index (χ1n) is 11.4. The number of halogens is 1. The second kappa shape index (κ2) is 11.8. The van der Waals surface area contributed by atoms with E-state index in [1.807, 2.05) is 24.5 Å². The highest BCUT2D eigenvalue weighted by atomic mass is 32.2. The average Bonchev–Trinajstić information content (AvgIpc) is 3.29. The van der Waals surface area contributed by atoms with Crippen LogP contribution in [0.3, 0.4) is 0 Å². The van der Waals surface area contributed by atoms with E-state index in [1.54, 1.807) is 16.7 Å². The standard InChI is InChI=1S/C24H28FN3O4S3/c1-33-20-4-2-5-21-23(20)26-24(34-21)28(12-11-27-13-15-32-16-14-27)22(29)6-3-17-35(30,31)19-9-7-18(25)8-10-19/h2,4-5,7-10H,3,6,11-17H2,1H3. The number of thiazole rings is 1. The number of fused-ring (bicyclic) bond motifs is 1. The molecule has 11 heteroatoms. The summed E-state index contributed by atoms with van der Waals surface area (Å²) in [4.78, 5) is 23.2. The smallest absolute Gasteiger partial charge is 0.228 e. The molecular formula is C24H28FN3O4S3. The van der Waals surface area contributed by atoms with Crippen LogP contribution in [-0.2, 0) is 19.4 Å². The molecule has 0 unspecified atom stereocenters. The zero-order valence-corrected chi connectivity index (χ0v) is 21.9. The number of sulfone groups is 1. The molecule has 188 valence electrons. The van der Waals surface area contributed by atoms with Gasteiger partial charge in [0.25, 0.3) is 0 Å². The Morgan fingerprint density at radius 2 is 1.94 bits per heavy atom. The van der Waals surface area contributed by atoms with Gasteiger partial charge in [0.15, 0.2) is 15.0 Å². The van der Waals surface area contributed by atoms with E-state index in [-0.39, 0.29) is 29.4 Å². The Bertz CT molecular complexity index is 1260. The number of benzene rings is 2. The minimum atomic E-state index is -3.60. The highest BCUT2D eigenvalue weighted by molar-refractivity contribution is 7.98. The van der Waals surface area contributed by atoms with E-state index in [0.717, 1.165) is 40.3 Å². The summed E-state index contributed by atoms with van der Waals surface area (Å²) in [6.07, 6.45) is 2.25. The molecular weight excluding hydrogens is 509 g/mol. The third kappa shape index (κ3) is 6.59. The molecule has 3 aromatic rings. The van der Waals surface area contributed by atoms with E-state index in [4.69, 9.17) is 9.72 Å². The number of anilines is 1. The highest BCUT2D eigenvalue weighted by Gasteiger charge is 2.23. The van der Waals surface area contributed by atoms with Gasteiger partial charge in [-0.25, -0.2) is 17.8 Å². The third-order valence-corrected chi connectivity index (χ3v) is 9.47. The number of hydrogen-bond donors (Lipinski definition) is 0. The van der Waals surface area contributed by atoms with Crippen LogP contribution in [-0.4, -0.2) is 75.6 Å². The fraction of sp³-hybridized carbons (Fsp3) is 0.417. The van der Waals surface area contributed by atoms with Crippen molar-refractivity contribution in [1.82, 2.24) is 9.88 Å². The first kappa shape index (κ1) is 26.0. The molecule has 7 nitrogen and oxygen atoms in total. The lowest BCUT2D eigenvalue weighted by Crippen LogP contribution is -2.43. The Morgan fingerprint density at radius 1 is 1.20 bits per heavy atom. The number of carbonyl (C=O) groups is 1. The van der Waals surface area contributed by atoms with Gasteiger partial charge < -0.3 is 4.74 Å². The normalized spacial score (nSPS) is 14.9. The van der Waals surface area contributed by atoms with E-state index in [2.05, 4.69) is 4.90 Å². The molecule has 1 aromatic heterocycles. The molecule has 0 aliphatic carbocycles. The first-order chi connectivity index (χ1) is 16.9. The van der Waals surface area contributed by atoms with Crippen LogP contribution < -0.4 is 4.90 Å². The molecule has 2 heterocycles. The van der Waals surface area contributed by atoms with Crippen molar-refractivity contribution in [2.75, 3.05) is 56.3 Å². The lowest BCUT2D eigenvalue weighted by atomic mass is 10.3. The van der Waals surface area contributed by atoms with Gasteiger partial charge in [0, 0.05) is 37.5 Å². The van der Waals surface area contributed by atoms with E-state index in [0.29, 0.717) is 31.4 Å². The molecule has 4 rings (SSSR count). The topological polar surface area (TPSA) is 79.8 Å². The zero-order chi connectivity index (χ0) is 24.8. The van der Waals surface area contributed by atoms with Gasteiger partial charge >= 0.3 is 0 Å². The van der Waals surface area contributed by atoms with Gasteiger partial charge in [-0.15, -0.1) is 11.8 Å². The SMILES string of the molecule is CSc1cccc2sc(N(CCN3CCOCC3)C(=O)CCCS(=O)(=O)c3ccc(F)cc3)nc12. The van der Waals surface area contributed by atoms with Crippen LogP contribution >= 0.6 is 23.1 Å². The fourth-order valence-electron chi connectivity index (χ4n) is 3.89. The summed E-state index contributed by atoms with van der Waals surface area (Å²) < 4.78 is 44.8. The quantitative estimate of drug-likeness (QED) is 0.285. The summed E-state index contributed by atoms with van der Waals surface area (Å²) in [5.41, 5.74) is 0.878. The zero-order valence-electron chi connectivity index (χ0n) is 19.5. The second-order valence-corrected chi connectivity index (χ2v) is 12.1. The Labute approximate surface area is 213 Å². The predicted molar refractivity (Wildman–Crippen MR) is 139 cm³/mol. The molecule has 0 spiro atoms. The molecule has 35 heavy (non-hydrogen) atoms. The molecule has 0 N–H and O–H groups in total. The predicted octanol–water partition coefficient (Wildman–Crippen LogP) is 4.08. The number of ether oxygens (including phenoxy) is 1. The lowest BCUT2D eigenvalue weighted by Gasteiger charge is -2.29. The summed E-state index contributed by atoms with van der Waals surface area (Å²) in [5.74, 6) is -0.828. The van der Waals surface area contributed by atoms with Gasteiger partial charge in [-0.05, 0) is 49.1 Å². The molecule has 1 amide bonds. The largest absolute Gasteiger partial charge is 0.379 e. The summed E-state index contributed by atoms with van der Waals surface area (Å²) in [6, 6.07) is 10.8. The maximum absolute atomic E-state index is 13.3. The minimum absolute atomic E-state index is 0.0614. The van der Waals surface area contributed by atoms with Crippen molar-refractivity contribution < 1.29 is 22.3 Å². The summed E-state index contributed by atoms with van der Waals surface area (Å²) in [6.45, 7) is 4.13. The number of nitrogens with zero attached hydrogens (tertiary/aromatic N) is 3. The van der Waals surface area contributed by atoms with Gasteiger partial charge in [-0.2, -0.15) is 0 Å². The van der Waals surface area contributed by atoms with Crippen LogP contribution in [0.1, 0.15) is 12.8 Å². The number of aromatic nitrogens is 1. The Balaban J connectivity index is 1.48. The van der Waals surface area contributed by atoms with E-state index < -0.39 is 15.7 Å². The van der Waals surface area contributed by atoms with Crippen molar-refractivity contribution in [2.24, 2.45) is 0 Å². The van der Waals surface area contributed by atoms with Crippen LogP contribution in [0.25, 0.3) is 10.2 Å². The first-order valence-corrected chi connectivity index (χ1v) is 15.1. The summed E-state index contributed by atoms with van der Waals surface area (Å²) >= 11 is 3.08. The number of thioether (sulfide) groups is 1. The van der Waals surface area contributed by atoms with Crippen molar-refractivity contribution in [3.8, 4) is 0 Å². The number of hydrogen-bond acceptors (Lipinski definition) is 8. The third-order valence-electron chi connectivity index (χ3n) is 5.84. The highest BCUT2D eigenvalue weighted by Crippen LogP contribution is 2.34. The molecule has 1 aliphatic heterocycles. The summed E-state index contributed by atoms with van der Waals surface area (Å²) in [5, 5.41) is 0.626. The van der Waals surface area contributed by atoms with Crippen molar-refractivity contribution in [2.45, 2.75) is 22.6 Å². The maximum atomic E-state index is 13.3. The molecule has 1 saturated heterocycles. The number of carbonyl (C=O) groups excluding carboxylic acids is 1. The van der Waals surface area contributed by atoms with Crippen LogP contribution in [0.4, 0.5) is 9.52 Å². The van der Waals surface area contributed by atoms with Crippen LogP contribution in [0.5, 0.6) is 0 Å². The average molecular weight is 538 g/mol. The maximum Gasteiger partial charge on any atom is 0.228 e. The molecule has 0 saturated carbocycles. The van der Waals surface area contributed by atoms with Crippen molar-refractivity contribution in [3.63, 3.8) is 0 Å². The summed E-state index contributed by atoms with van der Waals surface area (Å²) in [7, 11) is -3.60. The Hall–Kier alpha value is -2.05. The van der Waals surface area contributed by atoms with Gasteiger partial charge in [0.1, 0.15) is 5.82 Å². The monoisotopic (exact) mass is 537 g/mol. The van der Waals surface area contributed by atoms with Gasteiger partial charge in [-0.3, -0.25) is 14.6 Å². The van der Waals surface area contributed by atoms with Gasteiger partial charge in [0.2, 0.25) is 5.91 Å². The number of rotatable bonds is 10. The molecule has 2 aromatic carbocycles. The van der Waals surface area contributed by atoms with E-state index >= 15 is 0 Å². The van der Waals surface area contributed by atoms with Gasteiger partial charge in [-0.1, -0.05) is 17.4 Å². The number of amides is 1. The van der Waals surface area contributed by atoms with Crippen molar-refractivity contribution in [3.05, 3.63) is 48.3 Å². The number of para-hydroxylation sites is 1. The van der Waals surface area contributed by atoms with Gasteiger partial charge in [0.05, 0.1) is 34.1 Å². The Kier molecular flexibility index (Phi) is 8.77. The Morgan fingerprint density at radius 3 is 2.66 bits per heavy atom. The molecule has 1 fully saturated rings. The molecule has 0 atom stereocenters. The van der Waals surface area contributed by atoms with Crippen LogP contribution in [0.2, 0.25) is 0 Å². The lowest BCUT2D eigenvalue weighted by molar-refractivity contribution is -0.118. The minimum Gasteiger partial charge on any atom is -0.379 e. The van der Waals surface area contributed by atoms with E-state index in [1.165, 1.54) is 23.5 Å². The second-order valence-electron chi connectivity index (χ2n) is 8.18. The molecule has 1 aliphatic rings. The van der Waals surface area contributed by atoms with E-state index in [9.17, 15) is 17.6 Å². The van der Waals surface area contributed by atoms with Crippen LogP contribution in [0.15, 0.2) is 52.3 Å². The fourth-order valence-corrected chi connectivity index (χ4v) is 6.87. The van der Waals surface area contributed by atoms with Crippen molar-refractivity contribution in [1.29, 1.82) is 0 Å². The molecule has 0 bridgehead atoms. The van der Waals surface area contributed by atoms with Crippen LogP contribution in [0, 0.1) is 5.82 Å². The molecule has 0 radical (unpaired) electrons. The van der Waals surface area contributed by atoms with Crippen molar-refractivity contribution >= 4 is 54.2 Å².